The SMILES string of the molecule is [B]C([B])([B])OCCOc1cc(F)cc(F)c1C. The Bertz CT molecular complexity index is 394. The lowest BCUT2D eigenvalue weighted by Gasteiger charge is -2.21. The smallest absolute Gasteiger partial charge is 0.132 e. The van der Waals surface area contributed by atoms with E-state index in [0.29, 0.717) is 0 Å². The highest BCUT2D eigenvalue weighted by Gasteiger charge is 2.10. The molecule has 2 nitrogen and oxygen atoms in total. The molecule has 1 aromatic carbocycles. The monoisotopic (exact) mass is 232 g/mol. The van der Waals surface area contributed by atoms with E-state index in [1.165, 1.54) is 6.92 Å². The molecule has 0 aliphatic heterocycles. The lowest BCUT2D eigenvalue weighted by Crippen LogP contribution is -2.35. The summed E-state index contributed by atoms with van der Waals surface area (Å²) in [6.45, 7) is 1.50. The Morgan fingerprint density at radius 2 is 1.82 bits per heavy atom. The second kappa shape index (κ2) is 5.58. The predicted octanol–water partition coefficient (Wildman–Crippen LogP) is 0.785. The molecule has 0 bridgehead atoms. The van der Waals surface area contributed by atoms with Crippen LogP contribution in [0.4, 0.5) is 8.78 Å². The summed E-state index contributed by atoms with van der Waals surface area (Å²) in [4.78, 5) is 0. The number of rotatable bonds is 5. The van der Waals surface area contributed by atoms with Crippen LogP contribution in [0, 0.1) is 18.6 Å². The Morgan fingerprint density at radius 1 is 1.18 bits per heavy atom. The zero-order valence-electron chi connectivity index (χ0n) is 9.37. The normalized spacial score (nSPS) is 11.5. The highest BCUT2D eigenvalue weighted by atomic mass is 19.1. The summed E-state index contributed by atoms with van der Waals surface area (Å²) in [7, 11) is 15.5. The van der Waals surface area contributed by atoms with Crippen molar-refractivity contribution in [2.45, 2.75) is 12.2 Å². The van der Waals surface area contributed by atoms with Crippen molar-refractivity contribution in [1.82, 2.24) is 0 Å². The maximum Gasteiger partial charge on any atom is 0.132 e. The predicted molar refractivity (Wildman–Crippen MR) is 62.5 cm³/mol. The topological polar surface area (TPSA) is 18.5 Å². The maximum absolute atomic E-state index is 13.1. The summed E-state index contributed by atoms with van der Waals surface area (Å²) in [5.41, 5.74) is 0.214. The van der Waals surface area contributed by atoms with Crippen molar-refractivity contribution < 1.29 is 18.3 Å². The fraction of sp³-hybridized carbons (Fsp3) is 0.400. The molecule has 0 fully saturated rings. The van der Waals surface area contributed by atoms with Crippen molar-refractivity contribution in [3.05, 3.63) is 29.3 Å². The van der Waals surface area contributed by atoms with E-state index in [0.717, 1.165) is 12.1 Å². The third-order valence-electron chi connectivity index (χ3n) is 1.95. The zero-order chi connectivity index (χ0) is 13.1. The number of ether oxygens (including phenoxy) is 2. The third-order valence-corrected chi connectivity index (χ3v) is 1.95. The molecule has 0 aliphatic carbocycles. The van der Waals surface area contributed by atoms with Gasteiger partial charge in [0.05, 0.1) is 30.1 Å². The van der Waals surface area contributed by atoms with E-state index in [1.807, 2.05) is 0 Å². The zero-order valence-corrected chi connectivity index (χ0v) is 9.37. The van der Waals surface area contributed by atoms with Crippen molar-refractivity contribution in [1.29, 1.82) is 0 Å². The van der Waals surface area contributed by atoms with Crippen LogP contribution in [-0.4, -0.2) is 42.1 Å². The van der Waals surface area contributed by atoms with Gasteiger partial charge in [0.1, 0.15) is 24.0 Å². The minimum atomic E-state index is -1.74. The van der Waals surface area contributed by atoms with Crippen LogP contribution in [0.5, 0.6) is 5.75 Å². The van der Waals surface area contributed by atoms with E-state index >= 15 is 0 Å². The standard InChI is InChI=1S/C10H9B3F2O2/c1-6-8(15)4-7(14)5-9(6)16-2-3-17-10(11,12)13/h4-5H,2-3H2,1H3. The molecule has 1 rings (SSSR count). The van der Waals surface area contributed by atoms with E-state index in [9.17, 15) is 8.78 Å². The van der Waals surface area contributed by atoms with Crippen molar-refractivity contribution in [2.24, 2.45) is 0 Å². The molecule has 0 saturated heterocycles. The molecule has 0 amide bonds. The second-order valence-corrected chi connectivity index (χ2v) is 3.56. The Kier molecular flexibility index (Phi) is 4.63. The molecule has 0 unspecified atom stereocenters. The first kappa shape index (κ1) is 14.1. The van der Waals surface area contributed by atoms with Crippen LogP contribution in [0.1, 0.15) is 5.56 Å². The molecule has 0 heterocycles. The van der Waals surface area contributed by atoms with Crippen LogP contribution < -0.4 is 4.74 Å². The lowest BCUT2D eigenvalue weighted by atomic mass is 9.52. The molecule has 84 valence electrons. The molecule has 0 aliphatic rings. The Balaban J connectivity index is 2.52. The first-order chi connectivity index (χ1) is 7.79. The van der Waals surface area contributed by atoms with Gasteiger partial charge in [0.15, 0.2) is 0 Å². The molecule has 6 radical (unpaired) electrons. The molecule has 1 aromatic rings. The molecule has 7 heteroatoms. The van der Waals surface area contributed by atoms with Crippen LogP contribution in [0.3, 0.4) is 0 Å². The second-order valence-electron chi connectivity index (χ2n) is 3.56. The van der Waals surface area contributed by atoms with Crippen LogP contribution in [0.15, 0.2) is 12.1 Å². The quantitative estimate of drug-likeness (QED) is 0.551. The van der Waals surface area contributed by atoms with Crippen molar-refractivity contribution in [2.75, 3.05) is 13.2 Å². The number of hydrogen-bond donors (Lipinski definition) is 0. The van der Waals surface area contributed by atoms with Crippen LogP contribution in [-0.2, 0) is 4.74 Å². The third kappa shape index (κ3) is 4.81. The number of halogens is 2. The van der Waals surface area contributed by atoms with Crippen LogP contribution >= 0.6 is 0 Å². The van der Waals surface area contributed by atoms with E-state index in [4.69, 9.17) is 33.0 Å². The van der Waals surface area contributed by atoms with Crippen molar-refractivity contribution in [3.63, 3.8) is 0 Å². The molecule has 0 saturated carbocycles. The first-order valence-corrected chi connectivity index (χ1v) is 4.88. The fourth-order valence-electron chi connectivity index (χ4n) is 1.14. The van der Waals surface area contributed by atoms with Gasteiger partial charge < -0.3 is 9.47 Å². The Morgan fingerprint density at radius 3 is 2.41 bits per heavy atom. The van der Waals surface area contributed by atoms with Gasteiger partial charge >= 0.3 is 0 Å². The van der Waals surface area contributed by atoms with Gasteiger partial charge in [0.25, 0.3) is 0 Å². The summed E-state index contributed by atoms with van der Waals surface area (Å²) in [6.07, 6.45) is 0. The van der Waals surface area contributed by atoms with Gasteiger partial charge in [-0.3, -0.25) is 0 Å². The minimum absolute atomic E-state index is 0.00106. The first-order valence-electron chi connectivity index (χ1n) is 4.88. The maximum atomic E-state index is 13.1. The van der Waals surface area contributed by atoms with Gasteiger partial charge in [-0.1, -0.05) is 0 Å². The Labute approximate surface area is 103 Å². The highest BCUT2D eigenvalue weighted by molar-refractivity contribution is 6.58. The van der Waals surface area contributed by atoms with Gasteiger partial charge in [-0.05, 0) is 12.2 Å². The molecular formula is C10H9B3F2O2. The van der Waals surface area contributed by atoms with Gasteiger partial charge in [0.2, 0.25) is 0 Å². The highest BCUT2D eigenvalue weighted by Crippen LogP contribution is 2.22. The van der Waals surface area contributed by atoms with E-state index in [2.05, 4.69) is 0 Å². The largest absolute Gasteiger partial charge is 0.491 e. The summed E-state index contributed by atoms with van der Waals surface area (Å²) in [5.74, 6) is -1.29. The van der Waals surface area contributed by atoms with E-state index < -0.39 is 16.9 Å². The van der Waals surface area contributed by atoms with Gasteiger partial charge in [-0.2, -0.15) is 0 Å². The summed E-state index contributed by atoms with van der Waals surface area (Å²) < 4.78 is 35.9. The van der Waals surface area contributed by atoms with Gasteiger partial charge in [-0.25, -0.2) is 8.78 Å². The molecular weight excluding hydrogens is 223 g/mol. The van der Waals surface area contributed by atoms with Crippen molar-refractivity contribution in [3.8, 4) is 5.75 Å². The molecule has 0 spiro atoms. The minimum Gasteiger partial charge on any atom is -0.491 e. The fourth-order valence-corrected chi connectivity index (χ4v) is 1.14. The lowest BCUT2D eigenvalue weighted by molar-refractivity contribution is 0.0944. The molecule has 0 N–H and O–H groups in total. The summed E-state index contributed by atoms with van der Waals surface area (Å²) in [5, 5.41) is -1.74. The van der Waals surface area contributed by atoms with E-state index in [1.54, 1.807) is 0 Å². The van der Waals surface area contributed by atoms with Gasteiger partial charge in [-0.15, -0.1) is 0 Å². The van der Waals surface area contributed by atoms with Gasteiger partial charge in [0, 0.05) is 17.7 Å². The summed E-state index contributed by atoms with van der Waals surface area (Å²) >= 11 is 0. The number of benzene rings is 1. The molecule has 17 heavy (non-hydrogen) atoms. The van der Waals surface area contributed by atoms with E-state index in [-0.39, 0.29) is 24.5 Å². The van der Waals surface area contributed by atoms with Crippen LogP contribution in [0.25, 0.3) is 0 Å². The Hall–Kier alpha value is -0.965. The average molecular weight is 232 g/mol. The van der Waals surface area contributed by atoms with Crippen molar-refractivity contribution >= 4 is 23.5 Å². The summed E-state index contributed by atoms with van der Waals surface area (Å²) in [6, 6.07) is 1.86. The number of hydrogen-bond acceptors (Lipinski definition) is 2. The average Bonchev–Trinajstić information content (AvgIpc) is 2.18. The molecule has 0 atom stereocenters. The molecule has 0 aromatic heterocycles. The van der Waals surface area contributed by atoms with Crippen LogP contribution in [0.2, 0.25) is 0 Å².